The first-order chi connectivity index (χ1) is 15.7. The van der Waals surface area contributed by atoms with Gasteiger partial charge < -0.3 is 9.47 Å². The van der Waals surface area contributed by atoms with Gasteiger partial charge in [-0.15, -0.1) is 0 Å². The topological polar surface area (TPSA) is 85.1 Å². The molecule has 33 heavy (non-hydrogen) atoms. The van der Waals surface area contributed by atoms with Crippen molar-refractivity contribution < 1.29 is 8.42 Å². The molecule has 1 N–H and O–H groups in total. The zero-order valence-electron chi connectivity index (χ0n) is 19.5. The Morgan fingerprint density at radius 1 is 1.12 bits per heavy atom. The van der Waals surface area contributed by atoms with Crippen LogP contribution in [0.25, 0.3) is 22.2 Å². The molecule has 3 aromatic heterocycles. The van der Waals surface area contributed by atoms with E-state index in [2.05, 4.69) is 70.3 Å². The lowest BCUT2D eigenvalue weighted by Gasteiger charge is -2.14. The van der Waals surface area contributed by atoms with Crippen molar-refractivity contribution in [2.75, 3.05) is 23.2 Å². The number of nitrogens with one attached hydrogen (secondary N) is 1. The first-order valence-electron chi connectivity index (χ1n) is 11.0. The van der Waals surface area contributed by atoms with E-state index in [9.17, 15) is 8.42 Å². The second-order valence-electron chi connectivity index (χ2n) is 8.93. The average molecular weight is 465 g/mol. The number of sulfonamides is 1. The van der Waals surface area contributed by atoms with Gasteiger partial charge in [0.2, 0.25) is 0 Å². The van der Waals surface area contributed by atoms with Crippen LogP contribution in [0.1, 0.15) is 31.1 Å². The van der Waals surface area contributed by atoms with Gasteiger partial charge in [-0.3, -0.25) is 9.40 Å². The molecule has 0 spiro atoms. The van der Waals surface area contributed by atoms with E-state index in [4.69, 9.17) is 0 Å². The molecule has 0 unspecified atom stereocenters. The minimum atomic E-state index is -3.85. The average Bonchev–Trinajstić information content (AvgIpc) is 3.44. The highest BCUT2D eigenvalue weighted by atomic mass is 32.2. The lowest BCUT2D eigenvalue weighted by atomic mass is 9.99. The number of fused-ring (bicyclic) bond motifs is 2. The van der Waals surface area contributed by atoms with Crippen molar-refractivity contribution in [2.24, 2.45) is 7.05 Å². The summed E-state index contributed by atoms with van der Waals surface area (Å²) in [6.45, 7) is 7.30. The normalized spacial score (nSPS) is 13.8. The summed E-state index contributed by atoms with van der Waals surface area (Å²) in [4.78, 5) is 6.92. The van der Waals surface area contributed by atoms with E-state index in [1.165, 1.54) is 22.0 Å². The van der Waals surface area contributed by atoms with Crippen molar-refractivity contribution >= 4 is 32.4 Å². The summed E-state index contributed by atoms with van der Waals surface area (Å²) in [5.74, 6) is 0. The third-order valence-corrected chi connectivity index (χ3v) is 7.62. The molecule has 0 bridgehead atoms. The van der Waals surface area contributed by atoms with E-state index in [1.807, 2.05) is 0 Å². The molecule has 0 saturated carbocycles. The molecule has 0 saturated heterocycles. The lowest BCUT2D eigenvalue weighted by molar-refractivity contribution is 0.593. The van der Waals surface area contributed by atoms with E-state index in [0.717, 1.165) is 40.8 Å². The number of hydrogen-bond acceptors (Lipinski definition) is 5. The zero-order chi connectivity index (χ0) is 23.5. The van der Waals surface area contributed by atoms with Crippen LogP contribution in [0.2, 0.25) is 0 Å². The summed E-state index contributed by atoms with van der Waals surface area (Å²) < 4.78 is 32.6. The molecule has 5 rings (SSSR count). The second kappa shape index (κ2) is 7.62. The Labute approximate surface area is 193 Å². The van der Waals surface area contributed by atoms with E-state index >= 15 is 0 Å². The van der Waals surface area contributed by atoms with E-state index in [-0.39, 0.29) is 11.1 Å². The fraction of sp³-hybridized carbons (Fsp3) is 0.333. The Kier molecular flexibility index (Phi) is 4.97. The highest BCUT2D eigenvalue weighted by Crippen LogP contribution is 2.42. The molecule has 0 fully saturated rings. The van der Waals surface area contributed by atoms with Gasteiger partial charge in [-0.2, -0.15) is 13.5 Å². The SMILES string of the molecule is Cc1c(-c2ccc3c(c2)N(C)CC3)c2c(NS(=O)(=O)c3ccn(C)n3)ccnc2n1C(C)C. The zero-order valence-corrected chi connectivity index (χ0v) is 20.3. The van der Waals surface area contributed by atoms with Crippen molar-refractivity contribution in [2.45, 2.75) is 38.3 Å². The summed E-state index contributed by atoms with van der Waals surface area (Å²) in [7, 11) is -0.0541. The molecule has 0 atom stereocenters. The number of hydrogen-bond donors (Lipinski definition) is 1. The molecule has 1 aromatic carbocycles. The van der Waals surface area contributed by atoms with Gasteiger partial charge in [0.1, 0.15) is 5.65 Å². The molecule has 0 aliphatic carbocycles. The van der Waals surface area contributed by atoms with E-state index < -0.39 is 10.0 Å². The molecule has 9 heteroatoms. The summed E-state index contributed by atoms with van der Waals surface area (Å²) in [6.07, 6.45) is 4.30. The van der Waals surface area contributed by atoms with Crippen molar-refractivity contribution in [3.8, 4) is 11.1 Å². The number of aryl methyl sites for hydroxylation is 1. The maximum absolute atomic E-state index is 13.1. The van der Waals surface area contributed by atoms with Gasteiger partial charge in [-0.1, -0.05) is 12.1 Å². The fourth-order valence-electron chi connectivity index (χ4n) is 4.84. The van der Waals surface area contributed by atoms with Gasteiger partial charge in [0, 0.05) is 56.0 Å². The summed E-state index contributed by atoms with van der Waals surface area (Å²) in [5, 5.41) is 4.85. The second-order valence-corrected chi connectivity index (χ2v) is 10.6. The maximum Gasteiger partial charge on any atom is 0.281 e. The predicted molar refractivity (Wildman–Crippen MR) is 131 cm³/mol. The van der Waals surface area contributed by atoms with Crippen LogP contribution in [0, 0.1) is 6.92 Å². The minimum Gasteiger partial charge on any atom is -0.374 e. The van der Waals surface area contributed by atoms with Gasteiger partial charge in [0.15, 0.2) is 5.03 Å². The molecule has 0 radical (unpaired) electrons. The third kappa shape index (κ3) is 3.47. The Balaban J connectivity index is 1.75. The van der Waals surface area contributed by atoms with Crippen molar-refractivity contribution in [3.63, 3.8) is 0 Å². The Hall–Kier alpha value is -3.33. The number of rotatable bonds is 5. The minimum absolute atomic E-state index is 0.0179. The fourth-order valence-corrected chi connectivity index (χ4v) is 5.88. The number of pyridine rings is 1. The van der Waals surface area contributed by atoms with Crippen LogP contribution in [-0.4, -0.2) is 41.3 Å². The van der Waals surface area contributed by atoms with Gasteiger partial charge in [-0.05, 0) is 56.5 Å². The number of benzene rings is 1. The van der Waals surface area contributed by atoms with Gasteiger partial charge >= 0.3 is 0 Å². The van der Waals surface area contributed by atoms with Crippen LogP contribution >= 0.6 is 0 Å². The molecule has 0 amide bonds. The van der Waals surface area contributed by atoms with Crippen LogP contribution in [-0.2, 0) is 23.5 Å². The Morgan fingerprint density at radius 2 is 1.91 bits per heavy atom. The molecule has 1 aliphatic rings. The van der Waals surface area contributed by atoms with Crippen molar-refractivity contribution in [1.29, 1.82) is 0 Å². The molecular formula is C24H28N6O2S. The number of likely N-dealkylation sites (N-methyl/N-ethyl adjacent to an activating group) is 1. The van der Waals surface area contributed by atoms with E-state index in [0.29, 0.717) is 5.69 Å². The van der Waals surface area contributed by atoms with Gasteiger partial charge in [0.05, 0.1) is 11.1 Å². The Morgan fingerprint density at radius 3 is 2.61 bits per heavy atom. The Bertz CT molecular complexity index is 1480. The van der Waals surface area contributed by atoms with Crippen molar-refractivity contribution in [1.82, 2.24) is 19.3 Å². The first-order valence-corrected chi connectivity index (χ1v) is 12.5. The molecule has 8 nitrogen and oxygen atoms in total. The maximum atomic E-state index is 13.1. The standard InChI is InChI=1S/C24H28N6O2S/c1-15(2)30-16(3)22(18-7-6-17-9-12-28(4)20(17)14-18)23-19(8-11-25-24(23)30)27-33(31,32)21-10-13-29(5)26-21/h6-8,10-11,13-15H,9,12H2,1-5H3,(H,25,27). The highest BCUT2D eigenvalue weighted by Gasteiger charge is 2.26. The largest absolute Gasteiger partial charge is 0.374 e. The number of aromatic nitrogens is 4. The van der Waals surface area contributed by atoms with Crippen LogP contribution < -0.4 is 9.62 Å². The van der Waals surface area contributed by atoms with Crippen LogP contribution in [0.15, 0.2) is 47.8 Å². The molecule has 4 aromatic rings. The van der Waals surface area contributed by atoms with Gasteiger partial charge in [-0.25, -0.2) is 4.98 Å². The summed E-state index contributed by atoms with van der Waals surface area (Å²) >= 11 is 0. The molecular weight excluding hydrogens is 436 g/mol. The number of anilines is 2. The quantitative estimate of drug-likeness (QED) is 0.480. The molecule has 4 heterocycles. The third-order valence-electron chi connectivity index (χ3n) is 6.36. The summed E-state index contributed by atoms with van der Waals surface area (Å²) in [6, 6.07) is 9.89. The predicted octanol–water partition coefficient (Wildman–Crippen LogP) is 4.12. The smallest absolute Gasteiger partial charge is 0.281 e. The first kappa shape index (κ1) is 21.5. The van der Waals surface area contributed by atoms with Crippen molar-refractivity contribution in [3.05, 3.63) is 54.0 Å². The monoisotopic (exact) mass is 464 g/mol. The molecule has 1 aliphatic heterocycles. The molecule has 172 valence electrons. The van der Waals surface area contributed by atoms with Crippen LogP contribution in [0.3, 0.4) is 0 Å². The lowest BCUT2D eigenvalue weighted by Crippen LogP contribution is -2.14. The van der Waals surface area contributed by atoms with Crippen LogP contribution in [0.5, 0.6) is 0 Å². The summed E-state index contributed by atoms with van der Waals surface area (Å²) in [5.41, 5.74) is 6.91. The van der Waals surface area contributed by atoms with E-state index in [1.54, 1.807) is 25.5 Å². The number of nitrogens with zero attached hydrogens (tertiary/aromatic N) is 5. The van der Waals surface area contributed by atoms with Crippen LogP contribution in [0.4, 0.5) is 11.4 Å². The van der Waals surface area contributed by atoms with Gasteiger partial charge in [0.25, 0.3) is 10.0 Å². The highest BCUT2D eigenvalue weighted by molar-refractivity contribution is 7.92.